The predicted molar refractivity (Wildman–Crippen MR) is 86.7 cm³/mol. The normalized spacial score (nSPS) is 11.0. The molecule has 0 bridgehead atoms. The minimum atomic E-state index is 0.582. The highest BCUT2D eigenvalue weighted by Gasteiger charge is 2.21. The maximum absolute atomic E-state index is 5.61. The van der Waals surface area contributed by atoms with Gasteiger partial charge in [-0.2, -0.15) is 0 Å². The number of hydrogen-bond donors (Lipinski definition) is 1. The molecule has 1 heterocycles. The van der Waals surface area contributed by atoms with Crippen LogP contribution in [0.1, 0.15) is 5.56 Å². The Kier molecular flexibility index (Phi) is 3.48. The Hall–Kier alpha value is -2.56. The minimum Gasteiger partial charge on any atom is -0.495 e. The lowest BCUT2D eigenvalue weighted by molar-refractivity contribution is 0.327. The average molecular weight is 301 g/mol. The molecule has 0 saturated heterocycles. The fourth-order valence-electron chi connectivity index (χ4n) is 2.90. The van der Waals surface area contributed by atoms with Gasteiger partial charge in [-0.1, -0.05) is 0 Å². The Morgan fingerprint density at radius 3 is 2.05 bits per heavy atom. The highest BCUT2D eigenvalue weighted by molar-refractivity contribution is 6.13. The molecule has 0 radical (unpaired) electrons. The van der Waals surface area contributed by atoms with Gasteiger partial charge in [0.1, 0.15) is 5.75 Å². The molecule has 1 aromatic heterocycles. The van der Waals surface area contributed by atoms with E-state index in [1.165, 1.54) is 0 Å². The number of rotatable bonds is 4. The quantitative estimate of drug-likeness (QED) is 0.799. The summed E-state index contributed by atoms with van der Waals surface area (Å²) in [5.74, 6) is 2.65. The summed E-state index contributed by atoms with van der Waals surface area (Å²) in [7, 11) is 6.50. The van der Waals surface area contributed by atoms with E-state index >= 15 is 0 Å². The van der Waals surface area contributed by atoms with Gasteiger partial charge in [0.05, 0.1) is 44.9 Å². The van der Waals surface area contributed by atoms with Crippen LogP contribution >= 0.6 is 0 Å². The summed E-state index contributed by atoms with van der Waals surface area (Å²) >= 11 is 0. The lowest BCUT2D eigenvalue weighted by atomic mass is 10.1. The SMILES string of the molecule is COc1cc2[nH]c3c(OC)cc(C)cc3c2c(OC)c1OC. The van der Waals surface area contributed by atoms with Crippen LogP contribution in [0.25, 0.3) is 21.8 Å². The second kappa shape index (κ2) is 5.33. The third-order valence-electron chi connectivity index (χ3n) is 3.83. The van der Waals surface area contributed by atoms with Gasteiger partial charge in [0.2, 0.25) is 5.75 Å². The van der Waals surface area contributed by atoms with Gasteiger partial charge >= 0.3 is 0 Å². The lowest BCUT2D eigenvalue weighted by Crippen LogP contribution is -1.95. The zero-order valence-corrected chi connectivity index (χ0v) is 13.4. The topological polar surface area (TPSA) is 52.7 Å². The van der Waals surface area contributed by atoms with Gasteiger partial charge in [-0.25, -0.2) is 0 Å². The number of hydrogen-bond acceptors (Lipinski definition) is 4. The second-order valence-corrected chi connectivity index (χ2v) is 5.08. The van der Waals surface area contributed by atoms with E-state index in [4.69, 9.17) is 18.9 Å². The lowest BCUT2D eigenvalue weighted by Gasteiger charge is -2.13. The Bertz CT molecular complexity index is 851. The van der Waals surface area contributed by atoms with Crippen LogP contribution in [-0.4, -0.2) is 33.4 Å². The number of nitrogens with one attached hydrogen (secondary N) is 1. The molecule has 0 saturated carbocycles. The van der Waals surface area contributed by atoms with Crippen LogP contribution in [0.3, 0.4) is 0 Å². The first kappa shape index (κ1) is 14.4. The molecule has 1 N–H and O–H groups in total. The molecule has 5 heteroatoms. The summed E-state index contributed by atoms with van der Waals surface area (Å²) in [6.07, 6.45) is 0. The molecule has 0 aliphatic carbocycles. The molecule has 116 valence electrons. The number of ether oxygens (including phenoxy) is 4. The monoisotopic (exact) mass is 301 g/mol. The number of aryl methyl sites for hydroxylation is 1. The molecule has 2 aromatic carbocycles. The van der Waals surface area contributed by atoms with E-state index < -0.39 is 0 Å². The molecule has 0 spiro atoms. The first-order chi connectivity index (χ1) is 10.6. The minimum absolute atomic E-state index is 0.582. The number of aromatic amines is 1. The predicted octanol–water partition coefficient (Wildman–Crippen LogP) is 3.66. The average Bonchev–Trinajstić information content (AvgIpc) is 2.90. The Morgan fingerprint density at radius 1 is 0.773 bits per heavy atom. The van der Waals surface area contributed by atoms with Gasteiger partial charge in [0.25, 0.3) is 0 Å². The van der Waals surface area contributed by atoms with E-state index in [9.17, 15) is 0 Å². The second-order valence-electron chi connectivity index (χ2n) is 5.08. The van der Waals surface area contributed by atoms with E-state index in [1.54, 1.807) is 28.4 Å². The van der Waals surface area contributed by atoms with Crippen LogP contribution in [0, 0.1) is 6.92 Å². The summed E-state index contributed by atoms with van der Waals surface area (Å²) in [5, 5.41) is 1.99. The third kappa shape index (κ3) is 1.93. The van der Waals surface area contributed by atoms with Crippen LogP contribution in [-0.2, 0) is 0 Å². The van der Waals surface area contributed by atoms with E-state index in [-0.39, 0.29) is 0 Å². The van der Waals surface area contributed by atoms with Crippen LogP contribution in [0.5, 0.6) is 23.0 Å². The molecular formula is C17H19NO4. The molecule has 0 unspecified atom stereocenters. The van der Waals surface area contributed by atoms with Crippen molar-refractivity contribution in [2.24, 2.45) is 0 Å². The van der Waals surface area contributed by atoms with E-state index in [0.717, 1.165) is 33.1 Å². The maximum atomic E-state index is 5.61. The fourth-order valence-corrected chi connectivity index (χ4v) is 2.90. The maximum Gasteiger partial charge on any atom is 0.204 e. The van der Waals surface area contributed by atoms with Gasteiger partial charge in [0, 0.05) is 11.5 Å². The van der Waals surface area contributed by atoms with Crippen LogP contribution in [0.15, 0.2) is 18.2 Å². The van der Waals surface area contributed by atoms with Crippen molar-refractivity contribution >= 4 is 21.8 Å². The Balaban J connectivity index is 2.52. The smallest absolute Gasteiger partial charge is 0.204 e. The molecular weight excluding hydrogens is 282 g/mol. The van der Waals surface area contributed by atoms with E-state index in [1.807, 2.05) is 19.1 Å². The highest BCUT2D eigenvalue weighted by atomic mass is 16.5. The number of H-pyrrole nitrogens is 1. The third-order valence-corrected chi connectivity index (χ3v) is 3.83. The van der Waals surface area contributed by atoms with Crippen LogP contribution in [0.2, 0.25) is 0 Å². The van der Waals surface area contributed by atoms with Crippen molar-refractivity contribution < 1.29 is 18.9 Å². The molecule has 0 atom stereocenters. The molecule has 0 aliphatic rings. The van der Waals surface area contributed by atoms with Gasteiger partial charge in [-0.05, 0) is 24.6 Å². The number of fused-ring (bicyclic) bond motifs is 3. The van der Waals surface area contributed by atoms with Crippen molar-refractivity contribution in [3.63, 3.8) is 0 Å². The summed E-state index contributed by atoms with van der Waals surface area (Å²) in [6.45, 7) is 2.04. The van der Waals surface area contributed by atoms with Crippen molar-refractivity contribution in [3.05, 3.63) is 23.8 Å². The van der Waals surface area contributed by atoms with Crippen molar-refractivity contribution in [2.75, 3.05) is 28.4 Å². The molecule has 0 fully saturated rings. The van der Waals surface area contributed by atoms with Crippen molar-refractivity contribution in [1.82, 2.24) is 4.98 Å². The van der Waals surface area contributed by atoms with Crippen molar-refractivity contribution in [1.29, 1.82) is 0 Å². The highest BCUT2D eigenvalue weighted by Crippen LogP contribution is 2.47. The molecule has 0 amide bonds. The summed E-state index contributed by atoms with van der Waals surface area (Å²) in [6, 6.07) is 6.01. The molecule has 5 nitrogen and oxygen atoms in total. The van der Waals surface area contributed by atoms with Crippen LogP contribution < -0.4 is 18.9 Å². The van der Waals surface area contributed by atoms with Gasteiger partial charge in [0.15, 0.2) is 11.5 Å². The van der Waals surface area contributed by atoms with E-state index in [2.05, 4.69) is 11.1 Å². The first-order valence-electron chi connectivity index (χ1n) is 6.93. The zero-order valence-electron chi connectivity index (χ0n) is 13.4. The van der Waals surface area contributed by atoms with Gasteiger partial charge in [-0.15, -0.1) is 0 Å². The number of aromatic nitrogens is 1. The van der Waals surface area contributed by atoms with Gasteiger partial charge < -0.3 is 23.9 Å². The van der Waals surface area contributed by atoms with E-state index in [0.29, 0.717) is 17.2 Å². The van der Waals surface area contributed by atoms with Crippen molar-refractivity contribution in [3.8, 4) is 23.0 Å². The van der Waals surface area contributed by atoms with Crippen molar-refractivity contribution in [2.45, 2.75) is 6.92 Å². The molecule has 3 rings (SSSR count). The summed E-state index contributed by atoms with van der Waals surface area (Å²) in [4.78, 5) is 3.38. The number of benzene rings is 2. The van der Waals surface area contributed by atoms with Gasteiger partial charge in [-0.3, -0.25) is 0 Å². The largest absolute Gasteiger partial charge is 0.495 e. The molecule has 3 aromatic rings. The number of methoxy groups -OCH3 is 4. The summed E-state index contributed by atoms with van der Waals surface area (Å²) in [5.41, 5.74) is 2.95. The Labute approximate surface area is 128 Å². The molecule has 22 heavy (non-hydrogen) atoms. The fraction of sp³-hybridized carbons (Fsp3) is 0.294. The Morgan fingerprint density at radius 2 is 1.45 bits per heavy atom. The molecule has 0 aliphatic heterocycles. The standard InChI is InChI=1S/C17H19NO4/c1-9-6-10-14-11(18-15(10)12(7-9)19-2)8-13(20-3)16(21-4)17(14)22-5/h6-8,18H,1-5H3. The zero-order chi connectivity index (χ0) is 15.9. The first-order valence-corrected chi connectivity index (χ1v) is 6.93. The van der Waals surface area contributed by atoms with Crippen LogP contribution in [0.4, 0.5) is 0 Å². The summed E-state index contributed by atoms with van der Waals surface area (Å²) < 4.78 is 22.0.